The molecule has 3 aromatic carbocycles. The molecule has 0 aliphatic heterocycles. The molecule has 0 fully saturated rings. The number of hydrogen-bond donors (Lipinski definition) is 2. The molecule has 0 spiro atoms. The van der Waals surface area contributed by atoms with Crippen molar-refractivity contribution in [2.75, 3.05) is 16.3 Å². The minimum Gasteiger partial charge on any atom is -0.354 e. The van der Waals surface area contributed by atoms with Gasteiger partial charge in [0.2, 0.25) is 10.0 Å². The van der Waals surface area contributed by atoms with E-state index in [1.807, 2.05) is 54.6 Å². The quantitative estimate of drug-likeness (QED) is 0.309. The maximum Gasteiger partial charge on any atom is 0.229 e. The highest BCUT2D eigenvalue weighted by Gasteiger charge is 2.11. The number of nitrogens with one attached hydrogen (secondary N) is 2. The minimum atomic E-state index is -3.31. The Labute approximate surface area is 171 Å². The molecule has 1 aromatic heterocycles. The lowest BCUT2D eigenvalue weighted by molar-refractivity contribution is 0.607. The summed E-state index contributed by atoms with van der Waals surface area (Å²) in [6.07, 6.45) is 1.14. The molecule has 0 aliphatic rings. The molecule has 0 aliphatic carbocycles. The van der Waals surface area contributed by atoms with Crippen LogP contribution >= 0.6 is 22.6 Å². The average Bonchev–Trinajstić information content (AvgIpc) is 2.62. The SMILES string of the molecule is CS(=O)(=O)Nc1ccc(Nc2c3ccccc3nc3ccccc23)c(I)c1. The summed E-state index contributed by atoms with van der Waals surface area (Å²) >= 11 is 2.20. The van der Waals surface area contributed by atoms with Crippen LogP contribution in [0, 0.1) is 3.57 Å². The second kappa shape index (κ2) is 6.97. The maximum atomic E-state index is 11.4. The molecule has 1 heterocycles. The van der Waals surface area contributed by atoms with Crippen molar-refractivity contribution in [2.24, 2.45) is 0 Å². The predicted octanol–water partition coefficient (Wildman–Crippen LogP) is 5.11. The number of halogens is 1. The van der Waals surface area contributed by atoms with Gasteiger partial charge in [-0.1, -0.05) is 36.4 Å². The number of fused-ring (bicyclic) bond motifs is 2. The summed E-state index contributed by atoms with van der Waals surface area (Å²) in [5.41, 5.74) is 4.26. The first-order valence-corrected chi connectivity index (χ1v) is 11.2. The number of hydrogen-bond acceptors (Lipinski definition) is 4. The standard InChI is InChI=1S/C20H16IN3O2S/c1-27(25,26)24-13-10-11-19(16(21)12-13)23-20-14-6-2-4-8-17(14)22-18-9-5-3-7-15(18)20/h2-12,24H,1H3,(H,22,23). The van der Waals surface area contributed by atoms with Gasteiger partial charge in [0.1, 0.15) is 0 Å². The molecule has 7 heteroatoms. The van der Waals surface area contributed by atoms with E-state index >= 15 is 0 Å². The van der Waals surface area contributed by atoms with E-state index in [1.165, 1.54) is 0 Å². The smallest absolute Gasteiger partial charge is 0.229 e. The lowest BCUT2D eigenvalue weighted by atomic mass is 10.1. The van der Waals surface area contributed by atoms with Gasteiger partial charge >= 0.3 is 0 Å². The molecule has 0 saturated carbocycles. The van der Waals surface area contributed by atoms with Gasteiger partial charge in [0.25, 0.3) is 0 Å². The van der Waals surface area contributed by atoms with Crippen LogP contribution < -0.4 is 10.0 Å². The largest absolute Gasteiger partial charge is 0.354 e. The number of aromatic nitrogens is 1. The minimum absolute atomic E-state index is 0.539. The van der Waals surface area contributed by atoms with Gasteiger partial charge in [-0.2, -0.15) is 0 Å². The van der Waals surface area contributed by atoms with Gasteiger partial charge in [-0.3, -0.25) is 4.72 Å². The fourth-order valence-corrected chi connectivity index (χ4v) is 4.21. The normalized spacial score (nSPS) is 11.6. The van der Waals surface area contributed by atoms with Crippen LogP contribution in [0.5, 0.6) is 0 Å². The summed E-state index contributed by atoms with van der Waals surface area (Å²) in [6, 6.07) is 21.4. The van der Waals surface area contributed by atoms with Crippen molar-refractivity contribution in [3.63, 3.8) is 0 Å². The van der Waals surface area contributed by atoms with Gasteiger partial charge in [-0.15, -0.1) is 0 Å². The van der Waals surface area contributed by atoms with Gasteiger partial charge in [0, 0.05) is 20.0 Å². The highest BCUT2D eigenvalue weighted by atomic mass is 127. The van der Waals surface area contributed by atoms with Gasteiger partial charge in [0.05, 0.1) is 28.7 Å². The Morgan fingerprint density at radius 2 is 1.48 bits per heavy atom. The second-order valence-electron chi connectivity index (χ2n) is 6.21. The number of sulfonamides is 1. The molecule has 136 valence electrons. The Morgan fingerprint density at radius 3 is 2.04 bits per heavy atom. The van der Waals surface area contributed by atoms with Crippen molar-refractivity contribution in [1.29, 1.82) is 0 Å². The Kier molecular flexibility index (Phi) is 4.65. The molecule has 27 heavy (non-hydrogen) atoms. The number of pyridine rings is 1. The number of para-hydroxylation sites is 2. The Morgan fingerprint density at radius 1 is 0.889 bits per heavy atom. The van der Waals surface area contributed by atoms with Crippen LogP contribution in [0.4, 0.5) is 17.1 Å². The molecule has 0 saturated heterocycles. The van der Waals surface area contributed by atoms with Crippen LogP contribution in [0.3, 0.4) is 0 Å². The van der Waals surface area contributed by atoms with Crippen LogP contribution in [0.25, 0.3) is 21.8 Å². The summed E-state index contributed by atoms with van der Waals surface area (Å²) in [5, 5.41) is 5.59. The molecule has 4 rings (SSSR count). The van der Waals surface area contributed by atoms with Crippen molar-refractivity contribution in [3.8, 4) is 0 Å². The Hall–Kier alpha value is -2.39. The molecule has 4 aromatic rings. The van der Waals surface area contributed by atoms with E-state index in [0.717, 1.165) is 43.0 Å². The van der Waals surface area contributed by atoms with Crippen LogP contribution in [-0.4, -0.2) is 19.7 Å². The third-order valence-corrected chi connectivity index (χ3v) is 5.62. The number of anilines is 3. The van der Waals surface area contributed by atoms with Crippen LogP contribution in [0.2, 0.25) is 0 Å². The first-order valence-electron chi connectivity index (χ1n) is 8.22. The van der Waals surface area contributed by atoms with Gasteiger partial charge in [0.15, 0.2) is 0 Å². The maximum absolute atomic E-state index is 11.4. The fourth-order valence-electron chi connectivity index (χ4n) is 3.00. The van der Waals surface area contributed by atoms with Crippen LogP contribution in [-0.2, 0) is 10.0 Å². The van der Waals surface area contributed by atoms with Crippen LogP contribution in [0.15, 0.2) is 66.7 Å². The number of rotatable bonds is 4. The highest BCUT2D eigenvalue weighted by Crippen LogP contribution is 2.34. The summed E-state index contributed by atoms with van der Waals surface area (Å²) < 4.78 is 26.3. The van der Waals surface area contributed by atoms with Crippen molar-refractivity contribution < 1.29 is 8.42 Å². The fraction of sp³-hybridized carbons (Fsp3) is 0.0500. The van der Waals surface area contributed by atoms with E-state index in [2.05, 4.69) is 32.6 Å². The summed E-state index contributed by atoms with van der Waals surface area (Å²) in [4.78, 5) is 4.74. The van der Waals surface area contributed by atoms with Crippen LogP contribution in [0.1, 0.15) is 0 Å². The molecule has 5 nitrogen and oxygen atoms in total. The molecule has 0 bridgehead atoms. The van der Waals surface area contributed by atoms with Gasteiger partial charge in [-0.05, 0) is 52.9 Å². The molecule has 0 unspecified atom stereocenters. The number of nitrogens with zero attached hydrogens (tertiary/aromatic N) is 1. The Balaban J connectivity index is 1.83. The summed E-state index contributed by atoms with van der Waals surface area (Å²) in [7, 11) is -3.31. The lowest BCUT2D eigenvalue weighted by Gasteiger charge is -2.15. The predicted molar refractivity (Wildman–Crippen MR) is 120 cm³/mol. The Bertz CT molecular complexity index is 1220. The zero-order valence-electron chi connectivity index (χ0n) is 14.4. The monoisotopic (exact) mass is 489 g/mol. The topological polar surface area (TPSA) is 71.1 Å². The average molecular weight is 489 g/mol. The zero-order chi connectivity index (χ0) is 19.0. The zero-order valence-corrected chi connectivity index (χ0v) is 17.4. The van der Waals surface area contributed by atoms with Crippen molar-refractivity contribution >= 4 is 71.5 Å². The molecular formula is C20H16IN3O2S. The third-order valence-electron chi connectivity index (χ3n) is 4.12. The van der Waals surface area contributed by atoms with E-state index in [0.29, 0.717) is 5.69 Å². The van der Waals surface area contributed by atoms with E-state index in [-0.39, 0.29) is 0 Å². The molecule has 0 radical (unpaired) electrons. The second-order valence-corrected chi connectivity index (χ2v) is 9.13. The molecule has 0 atom stereocenters. The molecule has 0 amide bonds. The highest BCUT2D eigenvalue weighted by molar-refractivity contribution is 14.1. The van der Waals surface area contributed by atoms with Gasteiger partial charge in [-0.25, -0.2) is 13.4 Å². The van der Waals surface area contributed by atoms with E-state index in [9.17, 15) is 8.42 Å². The van der Waals surface area contributed by atoms with E-state index in [1.54, 1.807) is 12.1 Å². The first kappa shape index (κ1) is 18.0. The summed E-state index contributed by atoms with van der Waals surface area (Å²) in [6.45, 7) is 0. The van der Waals surface area contributed by atoms with Gasteiger partial charge < -0.3 is 5.32 Å². The van der Waals surface area contributed by atoms with Crippen molar-refractivity contribution in [2.45, 2.75) is 0 Å². The van der Waals surface area contributed by atoms with E-state index in [4.69, 9.17) is 4.98 Å². The number of benzene rings is 3. The molecule has 2 N–H and O–H groups in total. The van der Waals surface area contributed by atoms with E-state index < -0.39 is 10.0 Å². The first-order chi connectivity index (χ1) is 12.9. The third kappa shape index (κ3) is 3.84. The lowest BCUT2D eigenvalue weighted by Crippen LogP contribution is -2.09. The molecular weight excluding hydrogens is 473 g/mol. The summed E-state index contributed by atoms with van der Waals surface area (Å²) in [5.74, 6) is 0. The van der Waals surface area contributed by atoms with Crippen molar-refractivity contribution in [1.82, 2.24) is 4.98 Å². The van der Waals surface area contributed by atoms with Crippen molar-refractivity contribution in [3.05, 3.63) is 70.3 Å².